The van der Waals surface area contributed by atoms with Gasteiger partial charge in [0.2, 0.25) is 5.95 Å². The molecule has 9 heteroatoms. The maximum atomic E-state index is 12.7. The van der Waals surface area contributed by atoms with Crippen molar-refractivity contribution in [2.75, 3.05) is 55.6 Å². The molecular formula is C28H36N8O. The normalized spacial score (nSPS) is 21.5. The number of aromatic nitrogens is 4. The summed E-state index contributed by atoms with van der Waals surface area (Å²) in [5.74, 6) is 0.671. The molecule has 9 nitrogen and oxygen atoms in total. The van der Waals surface area contributed by atoms with Gasteiger partial charge in [-0.2, -0.15) is 0 Å². The molecule has 3 saturated heterocycles. The molecule has 1 atom stereocenters. The van der Waals surface area contributed by atoms with Gasteiger partial charge in [-0.25, -0.2) is 15.0 Å². The Morgan fingerprint density at radius 2 is 1.70 bits per heavy atom. The number of anilines is 2. The fraction of sp³-hybridized carbons (Fsp3) is 0.500. The molecule has 3 aliphatic rings. The first-order valence-corrected chi connectivity index (χ1v) is 13.6. The van der Waals surface area contributed by atoms with Gasteiger partial charge in [0.15, 0.2) is 0 Å². The van der Waals surface area contributed by atoms with Crippen LogP contribution in [0, 0.1) is 0 Å². The molecule has 0 radical (unpaired) electrons. The predicted octanol–water partition coefficient (Wildman–Crippen LogP) is 2.45. The lowest BCUT2D eigenvalue weighted by atomic mass is 10.0. The van der Waals surface area contributed by atoms with E-state index < -0.39 is 0 Å². The van der Waals surface area contributed by atoms with Crippen LogP contribution in [0.2, 0.25) is 0 Å². The maximum absolute atomic E-state index is 12.7. The molecule has 2 aromatic heterocycles. The predicted molar refractivity (Wildman–Crippen MR) is 146 cm³/mol. The highest BCUT2D eigenvalue weighted by Gasteiger charge is 2.27. The topological polar surface area (TPSA) is 82.4 Å². The minimum atomic E-state index is -0.0912. The van der Waals surface area contributed by atoms with Crippen LogP contribution in [0.5, 0.6) is 0 Å². The molecule has 5 heterocycles. The van der Waals surface area contributed by atoms with Gasteiger partial charge in [0, 0.05) is 69.8 Å². The lowest BCUT2D eigenvalue weighted by Crippen LogP contribution is -2.47. The summed E-state index contributed by atoms with van der Waals surface area (Å²) in [7, 11) is 1.78. The number of hydrogen-bond acceptors (Lipinski definition) is 8. The number of rotatable bonds is 5. The molecule has 6 rings (SSSR count). The van der Waals surface area contributed by atoms with E-state index in [0.717, 1.165) is 38.8 Å². The quantitative estimate of drug-likeness (QED) is 0.572. The van der Waals surface area contributed by atoms with E-state index in [1.807, 2.05) is 0 Å². The Labute approximate surface area is 218 Å². The average Bonchev–Trinajstić information content (AvgIpc) is 3.50. The van der Waals surface area contributed by atoms with Gasteiger partial charge < -0.3 is 20.0 Å². The summed E-state index contributed by atoms with van der Waals surface area (Å²) in [6.07, 6.45) is 8.42. The van der Waals surface area contributed by atoms with E-state index in [4.69, 9.17) is 4.98 Å². The van der Waals surface area contributed by atoms with E-state index in [1.165, 1.54) is 62.4 Å². The fourth-order valence-corrected chi connectivity index (χ4v) is 6.05. The molecule has 3 aromatic rings. The van der Waals surface area contributed by atoms with Gasteiger partial charge in [0.1, 0.15) is 6.33 Å². The zero-order chi connectivity index (χ0) is 25.2. The minimum absolute atomic E-state index is 0.0912. The Balaban J connectivity index is 1.14. The Kier molecular flexibility index (Phi) is 6.89. The molecule has 0 bridgehead atoms. The first-order chi connectivity index (χ1) is 18.2. The van der Waals surface area contributed by atoms with Crippen LogP contribution in [0.3, 0.4) is 0 Å². The van der Waals surface area contributed by atoms with E-state index in [1.54, 1.807) is 23.9 Å². The number of nitrogens with one attached hydrogen (secondary N) is 1. The van der Waals surface area contributed by atoms with Crippen LogP contribution in [0.1, 0.15) is 37.3 Å². The van der Waals surface area contributed by atoms with Gasteiger partial charge in [0.05, 0.1) is 11.4 Å². The number of benzene rings is 1. The van der Waals surface area contributed by atoms with Crippen molar-refractivity contribution >= 4 is 11.6 Å². The van der Waals surface area contributed by atoms with Gasteiger partial charge in [-0.3, -0.25) is 9.36 Å². The summed E-state index contributed by atoms with van der Waals surface area (Å²) < 4.78 is 1.63. The molecular weight excluding hydrogens is 464 g/mol. The number of nitrogens with zero attached hydrogens (tertiary/aromatic N) is 7. The summed E-state index contributed by atoms with van der Waals surface area (Å²) in [5, 5.41) is 3.65. The van der Waals surface area contributed by atoms with Crippen LogP contribution in [0.25, 0.3) is 11.4 Å². The average molecular weight is 501 g/mol. The lowest BCUT2D eigenvalue weighted by molar-refractivity contribution is 0.208. The van der Waals surface area contributed by atoms with Crippen LogP contribution in [0.15, 0.2) is 53.7 Å². The number of hydrogen-bond donors (Lipinski definition) is 1. The Morgan fingerprint density at radius 1 is 0.919 bits per heavy atom. The third-order valence-electron chi connectivity index (χ3n) is 8.20. The van der Waals surface area contributed by atoms with Crippen molar-refractivity contribution in [3.05, 3.63) is 64.8 Å². The third-order valence-corrected chi connectivity index (χ3v) is 8.20. The third kappa shape index (κ3) is 5.10. The highest BCUT2D eigenvalue weighted by molar-refractivity contribution is 5.55. The van der Waals surface area contributed by atoms with Crippen LogP contribution >= 0.6 is 0 Å². The first kappa shape index (κ1) is 24.1. The monoisotopic (exact) mass is 500 g/mol. The zero-order valence-electron chi connectivity index (χ0n) is 21.6. The van der Waals surface area contributed by atoms with Crippen molar-refractivity contribution < 1.29 is 0 Å². The molecule has 37 heavy (non-hydrogen) atoms. The smallest absolute Gasteiger partial charge is 0.255 e. The van der Waals surface area contributed by atoms with E-state index in [0.29, 0.717) is 17.3 Å². The Hall–Kier alpha value is -3.30. The minimum Gasteiger partial charge on any atom is -0.371 e. The van der Waals surface area contributed by atoms with Crippen molar-refractivity contribution in [1.82, 2.24) is 29.7 Å². The van der Waals surface area contributed by atoms with E-state index >= 15 is 0 Å². The van der Waals surface area contributed by atoms with Crippen LogP contribution < -0.4 is 20.7 Å². The van der Waals surface area contributed by atoms with Crippen molar-refractivity contribution in [3.63, 3.8) is 0 Å². The van der Waals surface area contributed by atoms with Crippen molar-refractivity contribution in [1.29, 1.82) is 0 Å². The van der Waals surface area contributed by atoms with E-state index in [-0.39, 0.29) is 11.6 Å². The summed E-state index contributed by atoms with van der Waals surface area (Å²) in [5.41, 5.74) is 3.72. The van der Waals surface area contributed by atoms with Crippen LogP contribution in [-0.2, 0) is 7.05 Å². The molecule has 3 aliphatic heterocycles. The van der Waals surface area contributed by atoms with Crippen LogP contribution in [-0.4, -0.2) is 76.3 Å². The highest BCUT2D eigenvalue weighted by atomic mass is 16.1. The standard InChI is InChI=1S/C28H36N8O/c1-33-27(37)18-25(24-8-11-29-20-31-24)32-28(33)36-17-12-30-26(19-36)21-4-6-22(7-5-21)35-15-9-23(10-16-35)34-13-2-3-14-34/h4-8,11,18,20,23,26,30H,2-3,9-10,12-17,19H2,1H3/t26-/m1/s1. The maximum Gasteiger partial charge on any atom is 0.255 e. The molecule has 0 unspecified atom stereocenters. The van der Waals surface area contributed by atoms with Gasteiger partial charge in [0.25, 0.3) is 5.56 Å². The van der Waals surface area contributed by atoms with Crippen molar-refractivity contribution in [3.8, 4) is 11.4 Å². The molecule has 1 aromatic carbocycles. The summed E-state index contributed by atoms with van der Waals surface area (Å²) in [6.45, 7) is 7.21. The van der Waals surface area contributed by atoms with E-state index in [2.05, 4.69) is 54.2 Å². The largest absolute Gasteiger partial charge is 0.371 e. The molecule has 1 N–H and O–H groups in total. The van der Waals surface area contributed by atoms with Gasteiger partial charge >= 0.3 is 0 Å². The fourth-order valence-electron chi connectivity index (χ4n) is 6.05. The molecule has 3 fully saturated rings. The molecule has 0 spiro atoms. The summed E-state index contributed by atoms with van der Waals surface area (Å²) >= 11 is 0. The summed E-state index contributed by atoms with van der Waals surface area (Å²) in [6, 6.07) is 13.3. The second-order valence-electron chi connectivity index (χ2n) is 10.4. The molecule has 0 amide bonds. The molecule has 0 aliphatic carbocycles. The zero-order valence-corrected chi connectivity index (χ0v) is 21.6. The first-order valence-electron chi connectivity index (χ1n) is 13.6. The van der Waals surface area contributed by atoms with Gasteiger partial charge in [-0.15, -0.1) is 0 Å². The van der Waals surface area contributed by atoms with Crippen molar-refractivity contribution in [2.45, 2.75) is 37.8 Å². The SMILES string of the molecule is Cn1c(N2CCN[C@@H](c3ccc(N4CCC(N5CCCC5)CC4)cc3)C2)nc(-c2ccncn2)cc1=O. The second-order valence-corrected chi connectivity index (χ2v) is 10.4. The van der Waals surface area contributed by atoms with Crippen LogP contribution in [0.4, 0.5) is 11.6 Å². The van der Waals surface area contributed by atoms with Gasteiger partial charge in [-0.05, 0) is 62.5 Å². The molecule has 194 valence electrons. The number of piperazine rings is 1. The second kappa shape index (κ2) is 10.6. The van der Waals surface area contributed by atoms with Crippen molar-refractivity contribution in [2.24, 2.45) is 7.05 Å². The number of likely N-dealkylation sites (tertiary alicyclic amines) is 1. The number of piperidine rings is 1. The Bertz CT molecular complexity index is 1250. The van der Waals surface area contributed by atoms with Gasteiger partial charge in [-0.1, -0.05) is 12.1 Å². The summed E-state index contributed by atoms with van der Waals surface area (Å²) in [4.78, 5) is 33.3. The Morgan fingerprint density at radius 3 is 2.43 bits per heavy atom. The molecule has 0 saturated carbocycles. The highest BCUT2D eigenvalue weighted by Crippen LogP contribution is 2.27. The lowest BCUT2D eigenvalue weighted by Gasteiger charge is -2.38. The van der Waals surface area contributed by atoms with E-state index in [9.17, 15) is 4.79 Å².